The predicted octanol–water partition coefficient (Wildman–Crippen LogP) is 5.92. The quantitative estimate of drug-likeness (QED) is 0.130. The Kier molecular flexibility index (Phi) is 5.69. The monoisotopic (exact) mass is 556 g/mol. The van der Waals surface area contributed by atoms with Gasteiger partial charge >= 0.3 is 0 Å². The predicted molar refractivity (Wildman–Crippen MR) is 156 cm³/mol. The van der Waals surface area contributed by atoms with Crippen LogP contribution in [-0.4, -0.2) is 41.5 Å². The average Bonchev–Trinajstić information content (AvgIpc) is 3.47. The number of ether oxygens (including phenoxy) is 1. The summed E-state index contributed by atoms with van der Waals surface area (Å²) in [7, 11) is 1.54. The number of anilines is 1. The van der Waals surface area contributed by atoms with Gasteiger partial charge in [-0.05, 0) is 29.3 Å². The van der Waals surface area contributed by atoms with E-state index >= 15 is 0 Å². The minimum Gasteiger partial charge on any atom is -0.497 e. The molecule has 4 aromatic carbocycles. The minimum absolute atomic E-state index is 0.131. The van der Waals surface area contributed by atoms with Gasteiger partial charge in [0.2, 0.25) is 0 Å². The molecular formula is C34H24N2O6. The maximum atomic E-state index is 14.7. The number of nitro benzene ring substituents is 1. The van der Waals surface area contributed by atoms with Gasteiger partial charge in [-0.3, -0.25) is 24.5 Å². The second-order valence-corrected chi connectivity index (χ2v) is 10.7. The SMILES string of the molecule is COc1ccc([C@H]2[C@@H](C(=O)c3cccc([N+](=O)[O-])c3)N3c4ccccc4C=C[C@@H]3C23C(=O)c2ccccc2C3=O)cc1. The zero-order chi connectivity index (χ0) is 29.2. The molecule has 0 amide bonds. The standard InChI is InChI=1S/C34H24N2O6/c1-42-24-16-13-21(14-17-24)29-30(31(37)22-8-6-9-23(19-22)36(40)41)35-27-12-5-2-7-20(27)15-18-28(35)34(29)32(38)25-10-3-4-11-26(25)33(34)39/h2-19,28-30H,1H3/t28-,29+,30+/m1/s1. The van der Waals surface area contributed by atoms with Crippen LogP contribution in [-0.2, 0) is 0 Å². The van der Waals surface area contributed by atoms with Crippen molar-refractivity contribution in [2.24, 2.45) is 5.41 Å². The zero-order valence-corrected chi connectivity index (χ0v) is 22.5. The molecule has 2 heterocycles. The van der Waals surface area contributed by atoms with E-state index in [1.54, 1.807) is 61.7 Å². The lowest BCUT2D eigenvalue weighted by Crippen LogP contribution is -2.48. The number of methoxy groups -OCH3 is 1. The average molecular weight is 557 g/mol. The van der Waals surface area contributed by atoms with Crippen molar-refractivity contribution in [1.29, 1.82) is 0 Å². The lowest BCUT2D eigenvalue weighted by Gasteiger charge is -2.37. The Morgan fingerprint density at radius 3 is 2.21 bits per heavy atom. The molecular weight excluding hydrogens is 532 g/mol. The molecule has 0 N–H and O–H groups in total. The fraction of sp³-hybridized carbons (Fsp3) is 0.147. The summed E-state index contributed by atoms with van der Waals surface area (Å²) in [6.45, 7) is 0. The molecule has 1 fully saturated rings. The molecule has 1 saturated heterocycles. The van der Waals surface area contributed by atoms with Crippen LogP contribution in [0.2, 0.25) is 0 Å². The Labute approximate surface area is 241 Å². The number of fused-ring (bicyclic) bond motifs is 5. The van der Waals surface area contributed by atoms with Gasteiger partial charge in [0.05, 0.1) is 18.1 Å². The molecule has 8 heteroatoms. The van der Waals surface area contributed by atoms with Crippen molar-refractivity contribution in [2.45, 2.75) is 18.0 Å². The molecule has 4 aromatic rings. The van der Waals surface area contributed by atoms with E-state index in [4.69, 9.17) is 4.74 Å². The van der Waals surface area contributed by atoms with Gasteiger partial charge in [-0.1, -0.05) is 78.9 Å². The Morgan fingerprint density at radius 2 is 1.55 bits per heavy atom. The Balaban J connectivity index is 1.53. The van der Waals surface area contributed by atoms with Gasteiger partial charge < -0.3 is 9.64 Å². The van der Waals surface area contributed by atoms with Crippen LogP contribution in [0.15, 0.2) is 103 Å². The summed E-state index contributed by atoms with van der Waals surface area (Å²) in [6, 6.07) is 25.2. The van der Waals surface area contributed by atoms with Crippen molar-refractivity contribution in [3.05, 3.63) is 141 Å². The fourth-order valence-corrected chi connectivity index (χ4v) is 7.05. The first-order valence-electron chi connectivity index (χ1n) is 13.5. The van der Waals surface area contributed by atoms with Crippen molar-refractivity contribution in [3.63, 3.8) is 0 Å². The number of carbonyl (C=O) groups excluding carboxylic acids is 3. The van der Waals surface area contributed by atoms with E-state index < -0.39 is 34.1 Å². The van der Waals surface area contributed by atoms with Crippen LogP contribution in [0.1, 0.15) is 48.1 Å². The highest BCUT2D eigenvalue weighted by molar-refractivity contribution is 6.32. The molecule has 1 spiro atoms. The Hall–Kier alpha value is -5.37. The smallest absolute Gasteiger partial charge is 0.270 e. The third-order valence-corrected chi connectivity index (χ3v) is 8.80. The van der Waals surface area contributed by atoms with Crippen molar-refractivity contribution in [2.75, 3.05) is 12.0 Å². The molecule has 2 aliphatic heterocycles. The van der Waals surface area contributed by atoms with E-state index in [1.807, 2.05) is 41.3 Å². The summed E-state index contributed by atoms with van der Waals surface area (Å²) in [5, 5.41) is 11.6. The van der Waals surface area contributed by atoms with Crippen LogP contribution in [0.3, 0.4) is 0 Å². The van der Waals surface area contributed by atoms with Gasteiger partial charge in [0.15, 0.2) is 17.3 Å². The van der Waals surface area contributed by atoms with E-state index in [0.29, 0.717) is 28.1 Å². The highest BCUT2D eigenvalue weighted by Crippen LogP contribution is 2.61. The largest absolute Gasteiger partial charge is 0.497 e. The number of nitro groups is 1. The number of benzene rings is 4. The third-order valence-electron chi connectivity index (χ3n) is 8.80. The summed E-state index contributed by atoms with van der Waals surface area (Å²) in [4.78, 5) is 56.9. The summed E-state index contributed by atoms with van der Waals surface area (Å²) in [5.41, 5.74) is 1.09. The number of Topliss-reactive ketones (excluding diaryl/α,β-unsaturated/α-hetero) is 3. The van der Waals surface area contributed by atoms with Gasteiger partial charge in [-0.2, -0.15) is 0 Å². The van der Waals surface area contributed by atoms with Crippen molar-refractivity contribution < 1.29 is 24.0 Å². The molecule has 0 unspecified atom stereocenters. The molecule has 0 bridgehead atoms. The van der Waals surface area contributed by atoms with Crippen LogP contribution >= 0.6 is 0 Å². The Morgan fingerprint density at radius 1 is 0.881 bits per heavy atom. The summed E-state index contributed by atoms with van der Waals surface area (Å²) in [5.74, 6) is -1.41. The highest BCUT2D eigenvalue weighted by atomic mass is 16.6. The van der Waals surface area contributed by atoms with Gasteiger partial charge in [0, 0.05) is 40.4 Å². The number of nitrogens with zero attached hydrogens (tertiary/aromatic N) is 2. The Bertz CT molecular complexity index is 1810. The number of ketones is 3. The van der Waals surface area contributed by atoms with Crippen LogP contribution in [0.4, 0.5) is 11.4 Å². The summed E-state index contributed by atoms with van der Waals surface area (Å²) >= 11 is 0. The molecule has 42 heavy (non-hydrogen) atoms. The molecule has 0 aromatic heterocycles. The van der Waals surface area contributed by atoms with Crippen molar-refractivity contribution in [1.82, 2.24) is 0 Å². The van der Waals surface area contributed by atoms with Crippen LogP contribution < -0.4 is 9.64 Å². The second kappa shape index (κ2) is 9.34. The molecule has 0 saturated carbocycles. The molecule has 206 valence electrons. The number of carbonyl (C=O) groups is 3. The topological polar surface area (TPSA) is 107 Å². The first-order valence-corrected chi connectivity index (χ1v) is 13.5. The lowest BCUT2D eigenvalue weighted by atomic mass is 9.64. The van der Waals surface area contributed by atoms with Crippen LogP contribution in [0, 0.1) is 15.5 Å². The molecule has 0 radical (unpaired) electrons. The van der Waals surface area contributed by atoms with Crippen molar-refractivity contribution >= 4 is 34.8 Å². The van der Waals surface area contributed by atoms with E-state index in [-0.39, 0.29) is 22.8 Å². The maximum absolute atomic E-state index is 14.7. The van der Waals surface area contributed by atoms with E-state index in [0.717, 1.165) is 5.56 Å². The number of hydrogen-bond acceptors (Lipinski definition) is 7. The molecule has 3 aliphatic rings. The zero-order valence-electron chi connectivity index (χ0n) is 22.5. The minimum atomic E-state index is -1.65. The number of hydrogen-bond donors (Lipinski definition) is 0. The molecule has 7 rings (SSSR count). The fourth-order valence-electron chi connectivity index (χ4n) is 7.05. The third kappa shape index (κ3) is 3.38. The second-order valence-electron chi connectivity index (χ2n) is 10.7. The van der Waals surface area contributed by atoms with E-state index in [1.165, 1.54) is 18.2 Å². The van der Waals surface area contributed by atoms with Crippen molar-refractivity contribution in [3.8, 4) is 5.75 Å². The first kappa shape index (κ1) is 25.6. The van der Waals surface area contributed by atoms with E-state index in [2.05, 4.69) is 0 Å². The van der Waals surface area contributed by atoms with E-state index in [9.17, 15) is 24.5 Å². The normalized spacial score (nSPS) is 21.2. The molecule has 1 aliphatic carbocycles. The van der Waals surface area contributed by atoms with Crippen LogP contribution in [0.5, 0.6) is 5.75 Å². The number of non-ortho nitro benzene ring substituents is 1. The van der Waals surface area contributed by atoms with Gasteiger partial charge in [-0.15, -0.1) is 0 Å². The van der Waals surface area contributed by atoms with Crippen LogP contribution in [0.25, 0.3) is 6.08 Å². The molecule has 3 atom stereocenters. The summed E-state index contributed by atoms with van der Waals surface area (Å²) < 4.78 is 5.38. The number of para-hydroxylation sites is 1. The molecule has 8 nitrogen and oxygen atoms in total. The number of rotatable bonds is 5. The summed E-state index contributed by atoms with van der Waals surface area (Å²) in [6.07, 6.45) is 3.74. The highest BCUT2D eigenvalue weighted by Gasteiger charge is 2.71. The first-order chi connectivity index (χ1) is 20.4. The van der Waals surface area contributed by atoms with Gasteiger partial charge in [0.1, 0.15) is 17.2 Å². The van der Waals surface area contributed by atoms with Gasteiger partial charge in [-0.25, -0.2) is 0 Å². The van der Waals surface area contributed by atoms with Gasteiger partial charge in [0.25, 0.3) is 5.69 Å². The lowest BCUT2D eigenvalue weighted by molar-refractivity contribution is -0.384. The maximum Gasteiger partial charge on any atom is 0.270 e.